The molecule has 1 aromatic carbocycles. The predicted octanol–water partition coefficient (Wildman–Crippen LogP) is 3.46. The van der Waals surface area contributed by atoms with Crippen molar-refractivity contribution in [2.75, 3.05) is 16.0 Å². The van der Waals surface area contributed by atoms with Gasteiger partial charge >= 0.3 is 18.1 Å². The maximum absolute atomic E-state index is 12.5. The third-order valence-electron chi connectivity index (χ3n) is 4.68. The van der Waals surface area contributed by atoms with Crippen LogP contribution in [-0.4, -0.2) is 46.0 Å². The molecule has 0 bridgehead atoms. The SMILES string of the molecule is CC(C)/C=C/C(=O)Nc1cc(NC(=O)/C=C(\C(=O)O)C(C)C)cc(NC(=O)/C=C(\C(=O)O)C(C)C)c1.O=C=O. The van der Waals surface area contributed by atoms with Crippen LogP contribution < -0.4 is 16.0 Å². The van der Waals surface area contributed by atoms with Gasteiger partial charge in [-0.05, 0) is 42.0 Å². The van der Waals surface area contributed by atoms with Gasteiger partial charge in [0, 0.05) is 40.4 Å². The molecular weight excluding hydrogens is 510 g/mol. The Morgan fingerprint density at radius 3 is 1.23 bits per heavy atom. The zero-order valence-electron chi connectivity index (χ0n) is 22.5. The largest absolute Gasteiger partial charge is 0.478 e. The van der Waals surface area contributed by atoms with Gasteiger partial charge in [-0.3, -0.25) is 14.4 Å². The molecule has 0 saturated carbocycles. The summed E-state index contributed by atoms with van der Waals surface area (Å²) in [6.07, 6.45) is 5.22. The fraction of sp³-hybridized carbons (Fsp3) is 0.333. The molecular formula is C27H33N3O9. The van der Waals surface area contributed by atoms with Gasteiger partial charge in [0.2, 0.25) is 17.7 Å². The molecule has 0 aliphatic rings. The van der Waals surface area contributed by atoms with E-state index in [0.29, 0.717) is 0 Å². The van der Waals surface area contributed by atoms with Gasteiger partial charge in [0.25, 0.3) is 0 Å². The summed E-state index contributed by atoms with van der Waals surface area (Å²) in [5.41, 5.74) is 0.377. The topological polar surface area (TPSA) is 196 Å². The Kier molecular flexibility index (Phi) is 14.7. The maximum atomic E-state index is 12.5. The summed E-state index contributed by atoms with van der Waals surface area (Å²) in [5.74, 6) is -4.98. The van der Waals surface area contributed by atoms with Gasteiger partial charge in [0.1, 0.15) is 0 Å². The Bertz CT molecular complexity index is 1130. The summed E-state index contributed by atoms with van der Waals surface area (Å²) < 4.78 is 0. The number of nitrogens with one attached hydrogen (secondary N) is 3. The first-order valence-electron chi connectivity index (χ1n) is 11.8. The molecule has 0 aliphatic carbocycles. The third kappa shape index (κ3) is 13.9. The molecule has 0 heterocycles. The Labute approximate surface area is 225 Å². The Morgan fingerprint density at radius 1 is 0.667 bits per heavy atom. The molecule has 5 N–H and O–H groups in total. The molecule has 3 amide bonds. The van der Waals surface area contributed by atoms with E-state index < -0.39 is 41.5 Å². The van der Waals surface area contributed by atoms with Crippen molar-refractivity contribution in [1.82, 2.24) is 0 Å². The lowest BCUT2D eigenvalue weighted by Crippen LogP contribution is -2.17. The van der Waals surface area contributed by atoms with Gasteiger partial charge < -0.3 is 26.2 Å². The predicted molar refractivity (Wildman–Crippen MR) is 142 cm³/mol. The van der Waals surface area contributed by atoms with Crippen LogP contribution >= 0.6 is 0 Å². The smallest absolute Gasteiger partial charge is 0.373 e. The highest BCUT2D eigenvalue weighted by Crippen LogP contribution is 2.24. The van der Waals surface area contributed by atoms with Gasteiger partial charge in [-0.2, -0.15) is 9.59 Å². The molecule has 0 spiro atoms. The van der Waals surface area contributed by atoms with Crippen molar-refractivity contribution >= 4 is 52.9 Å². The number of carbonyl (C=O) groups excluding carboxylic acids is 5. The highest BCUT2D eigenvalue weighted by Gasteiger charge is 2.16. The second-order valence-electron chi connectivity index (χ2n) is 9.07. The van der Waals surface area contributed by atoms with Crippen molar-refractivity contribution < 1.29 is 43.8 Å². The summed E-state index contributed by atoms with van der Waals surface area (Å²) in [6.45, 7) is 10.4. The first-order valence-corrected chi connectivity index (χ1v) is 11.8. The van der Waals surface area contributed by atoms with Crippen molar-refractivity contribution in [3.8, 4) is 0 Å². The minimum Gasteiger partial charge on any atom is -0.478 e. The molecule has 0 atom stereocenters. The number of allylic oxidation sites excluding steroid dienone is 1. The van der Waals surface area contributed by atoms with Gasteiger partial charge in [-0.25, -0.2) is 9.59 Å². The molecule has 0 saturated heterocycles. The van der Waals surface area contributed by atoms with E-state index in [1.807, 2.05) is 13.8 Å². The van der Waals surface area contributed by atoms with Crippen LogP contribution in [0.5, 0.6) is 0 Å². The van der Waals surface area contributed by atoms with Crippen LogP contribution in [0.2, 0.25) is 0 Å². The zero-order valence-corrected chi connectivity index (χ0v) is 22.5. The molecule has 0 aliphatic heterocycles. The Morgan fingerprint density at radius 2 is 0.974 bits per heavy atom. The van der Waals surface area contributed by atoms with E-state index in [1.165, 1.54) is 24.3 Å². The maximum Gasteiger partial charge on any atom is 0.373 e. The second-order valence-corrected chi connectivity index (χ2v) is 9.07. The molecule has 0 unspecified atom stereocenters. The van der Waals surface area contributed by atoms with Crippen molar-refractivity contribution in [3.63, 3.8) is 0 Å². The molecule has 12 heteroatoms. The summed E-state index contributed by atoms with van der Waals surface area (Å²) >= 11 is 0. The number of carbonyl (C=O) groups is 5. The Hall–Kier alpha value is -4.83. The average molecular weight is 544 g/mol. The number of amides is 3. The lowest BCUT2D eigenvalue weighted by atomic mass is 10.0. The first kappa shape index (κ1) is 34.2. The molecule has 39 heavy (non-hydrogen) atoms. The van der Waals surface area contributed by atoms with Gasteiger partial charge in [-0.15, -0.1) is 0 Å². The number of rotatable bonds is 11. The van der Waals surface area contributed by atoms with E-state index in [-0.39, 0.29) is 40.3 Å². The lowest BCUT2D eigenvalue weighted by molar-refractivity contribution is -0.191. The molecule has 12 nitrogen and oxygen atoms in total. The summed E-state index contributed by atoms with van der Waals surface area (Å²) in [4.78, 5) is 76.2. The fourth-order valence-corrected chi connectivity index (χ4v) is 2.90. The van der Waals surface area contributed by atoms with E-state index in [0.717, 1.165) is 12.2 Å². The minimum absolute atomic E-state index is 0.0932. The standard InChI is InChI=1S/C26H33N3O7.CO2/c1-14(2)7-8-22(30)27-17-9-18(28-23(31)12-20(15(3)4)25(33)34)11-19(10-17)29-24(32)13-21(16(5)6)26(35)36;2-1-3/h7-16H,1-6H3,(H,27,30)(H,28,31)(H,29,32)(H,33,34)(H,35,36);/b8-7+,20-12-,21-13-;. The van der Waals surface area contributed by atoms with Crippen molar-refractivity contribution in [3.05, 3.63) is 53.6 Å². The van der Waals surface area contributed by atoms with E-state index in [2.05, 4.69) is 16.0 Å². The monoisotopic (exact) mass is 543 g/mol. The van der Waals surface area contributed by atoms with Gasteiger partial charge in [0.05, 0.1) is 0 Å². The van der Waals surface area contributed by atoms with Crippen molar-refractivity contribution in [2.24, 2.45) is 17.8 Å². The van der Waals surface area contributed by atoms with Crippen LogP contribution in [0.25, 0.3) is 0 Å². The molecule has 0 fully saturated rings. The average Bonchev–Trinajstić information content (AvgIpc) is 2.79. The molecule has 210 valence electrons. The number of benzene rings is 1. The number of carboxylic acid groups (broad SMARTS) is 2. The minimum atomic E-state index is -1.22. The fourth-order valence-electron chi connectivity index (χ4n) is 2.90. The second kappa shape index (κ2) is 16.8. The van der Waals surface area contributed by atoms with Crippen LogP contribution in [-0.2, 0) is 33.6 Å². The van der Waals surface area contributed by atoms with Gasteiger partial charge in [-0.1, -0.05) is 47.6 Å². The molecule has 0 aromatic heterocycles. The lowest BCUT2D eigenvalue weighted by Gasteiger charge is -2.12. The van der Waals surface area contributed by atoms with Crippen LogP contribution in [0.15, 0.2) is 53.6 Å². The quantitative estimate of drug-likeness (QED) is 0.260. The zero-order chi connectivity index (χ0) is 30.3. The number of hydrogen-bond acceptors (Lipinski definition) is 7. The van der Waals surface area contributed by atoms with Crippen LogP contribution in [0.3, 0.4) is 0 Å². The van der Waals surface area contributed by atoms with Crippen LogP contribution in [0, 0.1) is 17.8 Å². The third-order valence-corrected chi connectivity index (χ3v) is 4.68. The first-order chi connectivity index (χ1) is 18.1. The molecule has 1 rings (SSSR count). The van der Waals surface area contributed by atoms with E-state index >= 15 is 0 Å². The highest BCUT2D eigenvalue weighted by atomic mass is 16.4. The van der Waals surface area contributed by atoms with E-state index in [4.69, 9.17) is 9.59 Å². The molecule has 0 radical (unpaired) electrons. The summed E-state index contributed by atoms with van der Waals surface area (Å²) in [5, 5.41) is 26.3. The van der Waals surface area contributed by atoms with E-state index in [9.17, 15) is 34.2 Å². The number of aliphatic carboxylic acids is 2. The van der Waals surface area contributed by atoms with Crippen molar-refractivity contribution in [1.29, 1.82) is 0 Å². The van der Waals surface area contributed by atoms with Crippen molar-refractivity contribution in [2.45, 2.75) is 41.5 Å². The Balaban J connectivity index is 0.00000458. The summed E-state index contributed by atoms with van der Waals surface area (Å²) in [6, 6.07) is 4.26. The van der Waals surface area contributed by atoms with E-state index in [1.54, 1.807) is 33.8 Å². The normalized spacial score (nSPS) is 11.5. The number of carboxylic acids is 2. The number of anilines is 3. The van der Waals surface area contributed by atoms with Gasteiger partial charge in [0.15, 0.2) is 0 Å². The summed E-state index contributed by atoms with van der Waals surface area (Å²) in [7, 11) is 0. The number of hydrogen-bond donors (Lipinski definition) is 5. The van der Waals surface area contributed by atoms with Crippen LogP contribution in [0.4, 0.5) is 17.1 Å². The highest BCUT2D eigenvalue weighted by molar-refractivity contribution is 6.07. The van der Waals surface area contributed by atoms with Crippen LogP contribution in [0.1, 0.15) is 41.5 Å². The molecule has 1 aromatic rings.